The van der Waals surface area contributed by atoms with E-state index in [1.54, 1.807) is 0 Å². The van der Waals surface area contributed by atoms with E-state index in [0.29, 0.717) is 0 Å². The molecule has 10 aromatic rings. The van der Waals surface area contributed by atoms with Gasteiger partial charge in [0.1, 0.15) is 22.3 Å². The van der Waals surface area contributed by atoms with Crippen LogP contribution in [0.4, 0.5) is 0 Å². The monoisotopic (exact) mass is 526 g/mol. The molecular weight excluding hydrogens is 504 g/mol. The Hall–Kier alpha value is -5.48. The summed E-state index contributed by atoms with van der Waals surface area (Å²) in [6.07, 6.45) is 0. The molecule has 4 heterocycles. The van der Waals surface area contributed by atoms with E-state index >= 15 is 0 Å². The molecule has 192 valence electrons. The highest BCUT2D eigenvalue weighted by Gasteiger charge is 2.21. The molecule has 0 radical (unpaired) electrons. The van der Waals surface area contributed by atoms with Crippen LogP contribution in [0.2, 0.25) is 0 Å². The molecule has 0 N–H and O–H groups in total. The zero-order valence-electron chi connectivity index (χ0n) is 22.2. The van der Waals surface area contributed by atoms with Crippen molar-refractivity contribution in [2.24, 2.45) is 7.05 Å². The third kappa shape index (κ3) is 2.60. The molecule has 10 rings (SSSR count). The van der Waals surface area contributed by atoms with Crippen molar-refractivity contribution in [3.63, 3.8) is 0 Å². The van der Waals surface area contributed by atoms with Crippen molar-refractivity contribution >= 4 is 87.5 Å². The second-order valence-electron chi connectivity index (χ2n) is 11.0. The molecule has 0 saturated carbocycles. The lowest BCUT2D eigenvalue weighted by Crippen LogP contribution is -1.93. The quantitative estimate of drug-likeness (QED) is 0.213. The molecule has 0 spiro atoms. The molecular formula is C37H22N2O2. The van der Waals surface area contributed by atoms with Crippen LogP contribution in [0.25, 0.3) is 93.2 Å². The van der Waals surface area contributed by atoms with Crippen molar-refractivity contribution in [2.45, 2.75) is 0 Å². The largest absolute Gasteiger partial charge is 0.456 e. The summed E-state index contributed by atoms with van der Waals surface area (Å²) in [6, 6.07) is 40.8. The van der Waals surface area contributed by atoms with Gasteiger partial charge in [0, 0.05) is 50.6 Å². The van der Waals surface area contributed by atoms with Crippen LogP contribution >= 0.6 is 0 Å². The molecule has 0 aliphatic heterocycles. The zero-order valence-corrected chi connectivity index (χ0v) is 22.2. The Kier molecular flexibility index (Phi) is 3.84. The molecule has 0 atom stereocenters. The summed E-state index contributed by atoms with van der Waals surface area (Å²) in [5.74, 6) is 0. The van der Waals surface area contributed by atoms with Crippen LogP contribution in [0.5, 0.6) is 0 Å². The standard InChI is InChI=1S/C37H22N2O2/c1-38-28-11-5-2-9-25(28)34-30(38)17-15-23-24-16-18-31-35(37(24)41-36(23)34)26-10-3-6-12-29(26)39(31)21-14-19-33-27(20-21)22-8-4-7-13-32(22)40-33/h2-20H,1H3. The molecule has 0 bridgehead atoms. The normalized spacial score (nSPS) is 12.5. The summed E-state index contributed by atoms with van der Waals surface area (Å²) in [5, 5.41) is 9.24. The zero-order chi connectivity index (χ0) is 26.8. The minimum Gasteiger partial charge on any atom is -0.456 e. The van der Waals surface area contributed by atoms with Crippen LogP contribution in [0.3, 0.4) is 0 Å². The number of aromatic nitrogens is 2. The average molecular weight is 527 g/mol. The molecule has 4 heteroatoms. The summed E-state index contributed by atoms with van der Waals surface area (Å²) >= 11 is 0. The van der Waals surface area contributed by atoms with Crippen LogP contribution in [0.1, 0.15) is 0 Å². The maximum absolute atomic E-state index is 6.93. The van der Waals surface area contributed by atoms with E-state index in [4.69, 9.17) is 8.83 Å². The highest BCUT2D eigenvalue weighted by molar-refractivity contribution is 6.28. The number of hydrogen-bond acceptors (Lipinski definition) is 2. The Labute approximate surface area is 233 Å². The highest BCUT2D eigenvalue weighted by Crippen LogP contribution is 2.44. The van der Waals surface area contributed by atoms with Gasteiger partial charge in [-0.15, -0.1) is 0 Å². The third-order valence-corrected chi connectivity index (χ3v) is 8.94. The maximum atomic E-state index is 6.93. The minimum absolute atomic E-state index is 0.898. The number of hydrogen-bond donors (Lipinski definition) is 0. The van der Waals surface area contributed by atoms with Gasteiger partial charge in [0.25, 0.3) is 0 Å². The van der Waals surface area contributed by atoms with Gasteiger partial charge in [0.15, 0.2) is 0 Å². The van der Waals surface area contributed by atoms with Crippen LogP contribution in [-0.2, 0) is 7.05 Å². The molecule has 41 heavy (non-hydrogen) atoms. The molecule has 4 nitrogen and oxygen atoms in total. The number of nitrogens with zero attached hydrogens (tertiary/aromatic N) is 2. The number of aryl methyl sites for hydroxylation is 1. The lowest BCUT2D eigenvalue weighted by atomic mass is 10.1. The molecule has 0 fully saturated rings. The first-order chi connectivity index (χ1) is 20.3. The van der Waals surface area contributed by atoms with E-state index in [0.717, 1.165) is 66.0 Å². The van der Waals surface area contributed by atoms with E-state index in [2.05, 4.69) is 119 Å². The van der Waals surface area contributed by atoms with Gasteiger partial charge < -0.3 is 18.0 Å². The first-order valence-corrected chi connectivity index (χ1v) is 13.9. The second-order valence-corrected chi connectivity index (χ2v) is 11.0. The number of benzene rings is 6. The van der Waals surface area contributed by atoms with Gasteiger partial charge in [-0.05, 0) is 60.7 Å². The number of fused-ring (bicyclic) bond motifs is 14. The summed E-state index contributed by atoms with van der Waals surface area (Å²) in [7, 11) is 2.13. The van der Waals surface area contributed by atoms with Crippen molar-refractivity contribution in [1.29, 1.82) is 0 Å². The van der Waals surface area contributed by atoms with Crippen molar-refractivity contribution in [1.82, 2.24) is 9.13 Å². The lowest BCUT2D eigenvalue weighted by Gasteiger charge is -2.08. The Balaban J connectivity index is 1.35. The molecule has 4 aromatic heterocycles. The minimum atomic E-state index is 0.898. The Morgan fingerprint density at radius 2 is 1.05 bits per heavy atom. The number of rotatable bonds is 1. The Morgan fingerprint density at radius 3 is 1.85 bits per heavy atom. The molecule has 0 amide bonds. The molecule has 0 saturated heterocycles. The smallest absolute Gasteiger partial charge is 0.145 e. The van der Waals surface area contributed by atoms with Crippen LogP contribution in [0.15, 0.2) is 124 Å². The molecule has 0 aliphatic carbocycles. The second kappa shape index (κ2) is 7.38. The average Bonchev–Trinajstić information content (AvgIpc) is 3.75. The first kappa shape index (κ1) is 21.4. The summed E-state index contributed by atoms with van der Waals surface area (Å²) < 4.78 is 17.7. The van der Waals surface area contributed by atoms with Crippen LogP contribution in [-0.4, -0.2) is 9.13 Å². The predicted molar refractivity (Wildman–Crippen MR) is 169 cm³/mol. The van der Waals surface area contributed by atoms with E-state index in [1.165, 1.54) is 27.2 Å². The van der Waals surface area contributed by atoms with Gasteiger partial charge in [0.05, 0.1) is 27.3 Å². The first-order valence-electron chi connectivity index (χ1n) is 13.9. The van der Waals surface area contributed by atoms with E-state index in [9.17, 15) is 0 Å². The summed E-state index contributed by atoms with van der Waals surface area (Å²) in [4.78, 5) is 0. The maximum Gasteiger partial charge on any atom is 0.145 e. The fourth-order valence-corrected chi connectivity index (χ4v) is 7.12. The SMILES string of the molecule is Cn1c2ccccc2c2c3oc4c(ccc5c4c4ccccc4n5-c4ccc5oc6ccccc6c5c4)c3ccc21. The predicted octanol–water partition coefficient (Wildman–Crippen LogP) is 10.2. The van der Waals surface area contributed by atoms with E-state index in [1.807, 2.05) is 12.1 Å². The van der Waals surface area contributed by atoms with Crippen LogP contribution in [0, 0.1) is 0 Å². The fourth-order valence-electron chi connectivity index (χ4n) is 7.12. The van der Waals surface area contributed by atoms with Gasteiger partial charge >= 0.3 is 0 Å². The Morgan fingerprint density at radius 1 is 0.439 bits per heavy atom. The molecule has 0 unspecified atom stereocenters. The van der Waals surface area contributed by atoms with Gasteiger partial charge in [-0.2, -0.15) is 0 Å². The van der Waals surface area contributed by atoms with Crippen molar-refractivity contribution in [3.05, 3.63) is 115 Å². The van der Waals surface area contributed by atoms with Gasteiger partial charge in [-0.3, -0.25) is 0 Å². The van der Waals surface area contributed by atoms with E-state index in [-0.39, 0.29) is 0 Å². The summed E-state index contributed by atoms with van der Waals surface area (Å²) in [5.41, 5.74) is 9.45. The van der Waals surface area contributed by atoms with E-state index < -0.39 is 0 Å². The van der Waals surface area contributed by atoms with Gasteiger partial charge in [-0.25, -0.2) is 0 Å². The molecule has 6 aromatic carbocycles. The highest BCUT2D eigenvalue weighted by atomic mass is 16.3. The van der Waals surface area contributed by atoms with Gasteiger partial charge in [-0.1, -0.05) is 54.6 Å². The fraction of sp³-hybridized carbons (Fsp3) is 0.0270. The lowest BCUT2D eigenvalue weighted by molar-refractivity contribution is 0.669. The van der Waals surface area contributed by atoms with Crippen LogP contribution < -0.4 is 0 Å². The van der Waals surface area contributed by atoms with Crippen molar-refractivity contribution in [3.8, 4) is 5.69 Å². The van der Waals surface area contributed by atoms with Crippen molar-refractivity contribution < 1.29 is 8.83 Å². The molecule has 0 aliphatic rings. The number of furan rings is 2. The topological polar surface area (TPSA) is 36.1 Å². The van der Waals surface area contributed by atoms with Gasteiger partial charge in [0.2, 0.25) is 0 Å². The Bertz CT molecular complexity index is 2710. The third-order valence-electron chi connectivity index (χ3n) is 8.94. The summed E-state index contributed by atoms with van der Waals surface area (Å²) in [6.45, 7) is 0. The number of para-hydroxylation sites is 3. The van der Waals surface area contributed by atoms with Crippen molar-refractivity contribution in [2.75, 3.05) is 0 Å².